The molecule has 0 fully saturated rings. The van der Waals surface area contributed by atoms with Crippen LogP contribution in [0.4, 0.5) is 5.69 Å². The largest absolute Gasteiger partial charge is 0.328 e. The van der Waals surface area contributed by atoms with Crippen LogP contribution in [0.3, 0.4) is 0 Å². The molecule has 0 saturated heterocycles. The number of carbonyl (C=O) groups is 1. The van der Waals surface area contributed by atoms with Crippen molar-refractivity contribution in [3.05, 3.63) is 87.6 Å². The van der Waals surface area contributed by atoms with Gasteiger partial charge in [0.1, 0.15) is 6.04 Å². The van der Waals surface area contributed by atoms with Crippen LogP contribution in [0.15, 0.2) is 66.0 Å². The monoisotopic (exact) mass is 362 g/mol. The van der Waals surface area contributed by atoms with Crippen molar-refractivity contribution in [1.29, 1.82) is 5.26 Å². The summed E-state index contributed by atoms with van der Waals surface area (Å²) < 4.78 is 0. The molecule has 3 rings (SSSR count). The third kappa shape index (κ3) is 4.57. The molecule has 0 aliphatic rings. The molecule has 1 heterocycles. The normalized spacial score (nSPS) is 11.5. The number of nitrogens with zero attached hydrogens (tertiary/aromatic N) is 1. The summed E-state index contributed by atoms with van der Waals surface area (Å²) in [6.07, 6.45) is 0. The summed E-state index contributed by atoms with van der Waals surface area (Å²) in [5.74, 6) is -0.0663. The number of aryl methyl sites for hydroxylation is 1. The van der Waals surface area contributed by atoms with Gasteiger partial charge in [0, 0.05) is 11.3 Å². The van der Waals surface area contributed by atoms with Crippen LogP contribution < -0.4 is 10.6 Å². The first kappa shape index (κ1) is 17.9. The molecule has 1 atom stereocenters. The number of hydrogen-bond donors (Lipinski definition) is 2. The quantitative estimate of drug-likeness (QED) is 0.707. The van der Waals surface area contributed by atoms with Crippen molar-refractivity contribution in [1.82, 2.24) is 0 Å². The third-order valence-corrected chi connectivity index (χ3v) is 5.08. The Hall–Kier alpha value is -2.94. The van der Waals surface area contributed by atoms with Crippen LogP contribution in [-0.4, -0.2) is 12.5 Å². The smallest absolute Gasteiger partial charge is 0.279 e. The van der Waals surface area contributed by atoms with Gasteiger partial charge in [-0.3, -0.25) is 4.79 Å². The van der Waals surface area contributed by atoms with Crippen molar-refractivity contribution in [2.45, 2.75) is 13.0 Å². The van der Waals surface area contributed by atoms with E-state index in [1.54, 1.807) is 35.6 Å². The van der Waals surface area contributed by atoms with Gasteiger partial charge in [-0.15, -0.1) is 11.3 Å². The molecule has 0 bridgehead atoms. The summed E-state index contributed by atoms with van der Waals surface area (Å²) in [7, 11) is 0. The minimum absolute atomic E-state index is 0.0663. The number of carbonyl (C=O) groups excluding carboxylic acids is 1. The molecule has 0 radical (unpaired) electrons. The Morgan fingerprint density at radius 1 is 1.15 bits per heavy atom. The van der Waals surface area contributed by atoms with Gasteiger partial charge in [-0.25, -0.2) is 0 Å². The highest BCUT2D eigenvalue weighted by Gasteiger charge is 2.20. The average molecular weight is 362 g/mol. The Morgan fingerprint density at radius 2 is 1.88 bits per heavy atom. The van der Waals surface area contributed by atoms with Gasteiger partial charge < -0.3 is 10.6 Å². The maximum absolute atomic E-state index is 12.3. The van der Waals surface area contributed by atoms with E-state index >= 15 is 0 Å². The number of rotatable bonds is 6. The lowest BCUT2D eigenvalue weighted by Gasteiger charge is -2.15. The van der Waals surface area contributed by atoms with E-state index in [2.05, 4.69) is 59.3 Å². The SMILES string of the molecule is Cc1ccc([C@H]([NH2+]CC(=O)Nc2ccc(C#N)cc2)c2cccs2)cc1. The molecule has 1 amide bonds. The van der Waals surface area contributed by atoms with Gasteiger partial charge in [-0.05, 0) is 42.6 Å². The summed E-state index contributed by atoms with van der Waals surface area (Å²) in [5, 5.41) is 15.8. The molecule has 3 aromatic rings. The lowest BCUT2D eigenvalue weighted by molar-refractivity contribution is -0.675. The van der Waals surface area contributed by atoms with Crippen LogP contribution in [0, 0.1) is 18.3 Å². The van der Waals surface area contributed by atoms with Crippen molar-refractivity contribution in [2.75, 3.05) is 11.9 Å². The van der Waals surface area contributed by atoms with Crippen LogP contribution in [-0.2, 0) is 4.79 Å². The topological polar surface area (TPSA) is 69.5 Å². The number of nitrogens with two attached hydrogens (primary N) is 1. The zero-order valence-electron chi connectivity index (χ0n) is 14.5. The summed E-state index contributed by atoms with van der Waals surface area (Å²) in [5.41, 5.74) is 3.68. The van der Waals surface area contributed by atoms with E-state index in [0.717, 1.165) is 0 Å². The van der Waals surface area contributed by atoms with Crippen LogP contribution in [0.2, 0.25) is 0 Å². The first-order chi connectivity index (χ1) is 12.7. The second-order valence-corrected chi connectivity index (χ2v) is 7.06. The Bertz CT molecular complexity index is 894. The van der Waals surface area contributed by atoms with Crippen molar-refractivity contribution in [3.8, 4) is 6.07 Å². The molecule has 0 spiro atoms. The second kappa shape index (κ2) is 8.43. The van der Waals surface area contributed by atoms with Crippen molar-refractivity contribution in [3.63, 3.8) is 0 Å². The summed E-state index contributed by atoms with van der Waals surface area (Å²) in [6, 6.07) is 21.6. The van der Waals surface area contributed by atoms with E-state index in [9.17, 15) is 4.79 Å². The fraction of sp³-hybridized carbons (Fsp3) is 0.143. The van der Waals surface area contributed by atoms with E-state index in [1.165, 1.54) is 16.0 Å². The van der Waals surface area contributed by atoms with Crippen molar-refractivity contribution < 1.29 is 10.1 Å². The molecular weight excluding hydrogens is 342 g/mol. The summed E-state index contributed by atoms with van der Waals surface area (Å²) in [4.78, 5) is 13.5. The third-order valence-electron chi connectivity index (χ3n) is 4.12. The van der Waals surface area contributed by atoms with E-state index in [-0.39, 0.29) is 11.9 Å². The van der Waals surface area contributed by atoms with E-state index in [0.29, 0.717) is 17.8 Å². The van der Waals surface area contributed by atoms with Crippen LogP contribution in [0.1, 0.15) is 27.6 Å². The minimum Gasteiger partial charge on any atom is -0.328 e. The number of hydrogen-bond acceptors (Lipinski definition) is 3. The van der Waals surface area contributed by atoms with Gasteiger partial charge in [0.2, 0.25) is 0 Å². The summed E-state index contributed by atoms with van der Waals surface area (Å²) >= 11 is 1.70. The molecule has 5 heteroatoms. The lowest BCUT2D eigenvalue weighted by Crippen LogP contribution is -2.87. The first-order valence-corrected chi connectivity index (χ1v) is 9.27. The number of anilines is 1. The zero-order chi connectivity index (χ0) is 18.4. The Labute approximate surface area is 157 Å². The molecule has 4 nitrogen and oxygen atoms in total. The summed E-state index contributed by atoms with van der Waals surface area (Å²) in [6.45, 7) is 2.38. The minimum atomic E-state index is -0.0663. The predicted molar refractivity (Wildman–Crippen MR) is 104 cm³/mol. The zero-order valence-corrected chi connectivity index (χ0v) is 15.3. The second-order valence-electron chi connectivity index (χ2n) is 6.08. The fourth-order valence-corrected chi connectivity index (χ4v) is 3.57. The van der Waals surface area contributed by atoms with Crippen molar-refractivity contribution >= 4 is 22.9 Å². The Kier molecular flexibility index (Phi) is 5.80. The molecule has 0 unspecified atom stereocenters. The maximum Gasteiger partial charge on any atom is 0.279 e. The van der Waals surface area contributed by atoms with Gasteiger partial charge in [-0.2, -0.15) is 5.26 Å². The number of nitrogens with one attached hydrogen (secondary N) is 1. The van der Waals surface area contributed by atoms with E-state index in [4.69, 9.17) is 5.26 Å². The number of quaternary nitrogens is 1. The van der Waals surface area contributed by atoms with Gasteiger partial charge in [0.15, 0.2) is 6.54 Å². The Balaban J connectivity index is 1.66. The molecule has 2 aromatic carbocycles. The number of thiophene rings is 1. The van der Waals surface area contributed by atoms with E-state index in [1.807, 2.05) is 6.07 Å². The predicted octanol–water partition coefficient (Wildman–Crippen LogP) is 3.22. The molecule has 0 saturated carbocycles. The molecule has 26 heavy (non-hydrogen) atoms. The maximum atomic E-state index is 12.3. The molecule has 1 aromatic heterocycles. The average Bonchev–Trinajstić information content (AvgIpc) is 3.18. The van der Waals surface area contributed by atoms with E-state index < -0.39 is 0 Å². The van der Waals surface area contributed by atoms with Gasteiger partial charge in [0.25, 0.3) is 5.91 Å². The standard InChI is InChI=1S/C21H19N3OS/c1-15-4-8-17(9-5-15)21(19-3-2-12-26-19)23-14-20(25)24-18-10-6-16(13-22)7-11-18/h2-12,21,23H,14H2,1H3,(H,24,25)/p+1/t21-/m0/s1. The number of amides is 1. The molecule has 0 aliphatic heterocycles. The molecule has 3 N–H and O–H groups in total. The first-order valence-electron chi connectivity index (χ1n) is 8.39. The number of benzene rings is 2. The Morgan fingerprint density at radius 3 is 2.50 bits per heavy atom. The van der Waals surface area contributed by atoms with Crippen LogP contribution in [0.25, 0.3) is 0 Å². The number of nitriles is 1. The van der Waals surface area contributed by atoms with Crippen LogP contribution in [0.5, 0.6) is 0 Å². The van der Waals surface area contributed by atoms with Gasteiger partial charge in [-0.1, -0.05) is 35.9 Å². The van der Waals surface area contributed by atoms with Crippen molar-refractivity contribution in [2.24, 2.45) is 0 Å². The van der Waals surface area contributed by atoms with Gasteiger partial charge in [0.05, 0.1) is 16.5 Å². The molecule has 130 valence electrons. The fourth-order valence-electron chi connectivity index (χ4n) is 2.72. The highest BCUT2D eigenvalue weighted by atomic mass is 32.1. The highest BCUT2D eigenvalue weighted by Crippen LogP contribution is 2.23. The molecular formula is C21H20N3OS+. The highest BCUT2D eigenvalue weighted by molar-refractivity contribution is 7.10. The lowest BCUT2D eigenvalue weighted by atomic mass is 10.0. The molecule has 0 aliphatic carbocycles. The van der Waals surface area contributed by atoms with Crippen LogP contribution >= 0.6 is 11.3 Å². The van der Waals surface area contributed by atoms with Gasteiger partial charge >= 0.3 is 0 Å².